The summed E-state index contributed by atoms with van der Waals surface area (Å²) in [6.45, 7) is 0.410. The van der Waals surface area contributed by atoms with Crippen LogP contribution in [-0.2, 0) is 10.3 Å². The maximum atomic E-state index is 12.4. The molecule has 0 aromatic heterocycles. The van der Waals surface area contributed by atoms with E-state index in [0.717, 1.165) is 0 Å². The molecule has 0 bridgehead atoms. The normalized spacial score (nSPS) is 11.6. The molecule has 0 spiro atoms. The van der Waals surface area contributed by atoms with Gasteiger partial charge in [-0.05, 0) is 55.6 Å². The van der Waals surface area contributed by atoms with Crippen molar-refractivity contribution < 1.29 is 17.4 Å². The van der Waals surface area contributed by atoms with Gasteiger partial charge in [0.25, 0.3) is 0 Å². The lowest BCUT2D eigenvalue weighted by Gasteiger charge is -2.04. The number of rotatable bonds is 7. The minimum Gasteiger partial charge on any atom is -0.371 e. The average molecular weight is 348 g/mol. The molecule has 0 radical (unpaired) electrons. The molecule has 0 amide bonds. The fraction of sp³-hybridized carbons (Fsp3) is 0.133. The SMILES string of the molecule is CNCN=Nc1ccc(C(=O)c2ccc(OS(N)(=O)=O)cc2)cc1. The van der Waals surface area contributed by atoms with Crippen LogP contribution in [0.1, 0.15) is 15.9 Å². The van der Waals surface area contributed by atoms with Gasteiger partial charge in [-0.2, -0.15) is 23.8 Å². The molecule has 126 valence electrons. The van der Waals surface area contributed by atoms with Crippen LogP contribution in [0.2, 0.25) is 0 Å². The number of ketones is 1. The molecule has 0 aliphatic rings. The van der Waals surface area contributed by atoms with Crippen LogP contribution in [0.15, 0.2) is 58.8 Å². The van der Waals surface area contributed by atoms with Crippen molar-refractivity contribution in [3.05, 3.63) is 59.7 Å². The molecule has 3 N–H and O–H groups in total. The van der Waals surface area contributed by atoms with Gasteiger partial charge in [-0.25, -0.2) is 0 Å². The molecule has 0 saturated heterocycles. The van der Waals surface area contributed by atoms with Crippen LogP contribution >= 0.6 is 0 Å². The van der Waals surface area contributed by atoms with E-state index in [-0.39, 0.29) is 11.5 Å². The van der Waals surface area contributed by atoms with Crippen molar-refractivity contribution in [2.75, 3.05) is 13.7 Å². The number of azo groups is 1. The highest BCUT2D eigenvalue weighted by Gasteiger charge is 2.10. The summed E-state index contributed by atoms with van der Waals surface area (Å²) in [7, 11) is -2.32. The maximum absolute atomic E-state index is 12.4. The third kappa shape index (κ3) is 5.23. The summed E-state index contributed by atoms with van der Waals surface area (Å²) < 4.78 is 26.2. The number of nitrogens with one attached hydrogen (secondary N) is 1. The van der Waals surface area contributed by atoms with E-state index in [9.17, 15) is 13.2 Å². The van der Waals surface area contributed by atoms with Gasteiger partial charge in [0.1, 0.15) is 12.4 Å². The minimum atomic E-state index is -4.09. The zero-order valence-electron chi connectivity index (χ0n) is 12.8. The zero-order chi connectivity index (χ0) is 17.6. The maximum Gasteiger partial charge on any atom is 0.380 e. The monoisotopic (exact) mass is 348 g/mol. The Hall–Kier alpha value is -2.62. The smallest absolute Gasteiger partial charge is 0.371 e. The van der Waals surface area contributed by atoms with Crippen molar-refractivity contribution in [1.29, 1.82) is 0 Å². The second-order valence-corrected chi connectivity index (χ2v) is 5.88. The van der Waals surface area contributed by atoms with Crippen molar-refractivity contribution in [3.8, 4) is 5.75 Å². The molecule has 2 rings (SSSR count). The third-order valence-electron chi connectivity index (χ3n) is 2.87. The van der Waals surface area contributed by atoms with E-state index in [1.807, 2.05) is 0 Å². The van der Waals surface area contributed by atoms with E-state index < -0.39 is 10.3 Å². The van der Waals surface area contributed by atoms with Gasteiger partial charge in [-0.1, -0.05) is 0 Å². The predicted octanol–water partition coefficient (Wildman–Crippen LogP) is 1.76. The van der Waals surface area contributed by atoms with E-state index in [1.165, 1.54) is 24.3 Å². The van der Waals surface area contributed by atoms with Gasteiger partial charge in [0.05, 0.1) is 5.69 Å². The largest absolute Gasteiger partial charge is 0.380 e. The molecule has 0 saturated carbocycles. The van der Waals surface area contributed by atoms with Crippen molar-refractivity contribution in [3.63, 3.8) is 0 Å². The van der Waals surface area contributed by atoms with Crippen molar-refractivity contribution in [2.45, 2.75) is 0 Å². The molecule has 0 heterocycles. The van der Waals surface area contributed by atoms with Gasteiger partial charge in [0, 0.05) is 11.1 Å². The lowest BCUT2D eigenvalue weighted by Crippen LogP contribution is -2.18. The molecule has 2 aromatic carbocycles. The lowest BCUT2D eigenvalue weighted by atomic mass is 10.0. The van der Waals surface area contributed by atoms with Crippen molar-refractivity contribution >= 4 is 21.8 Å². The molecular weight excluding hydrogens is 332 g/mol. The molecule has 0 aliphatic heterocycles. The Morgan fingerprint density at radius 1 is 1.08 bits per heavy atom. The van der Waals surface area contributed by atoms with Crippen LogP contribution in [0.4, 0.5) is 5.69 Å². The highest BCUT2D eigenvalue weighted by molar-refractivity contribution is 7.84. The van der Waals surface area contributed by atoms with Gasteiger partial charge < -0.3 is 4.18 Å². The first-order chi connectivity index (χ1) is 11.4. The Morgan fingerprint density at radius 3 is 2.12 bits per heavy atom. The first-order valence-electron chi connectivity index (χ1n) is 6.88. The topological polar surface area (TPSA) is 123 Å². The summed E-state index contributed by atoms with van der Waals surface area (Å²) in [5.74, 6) is -0.176. The van der Waals surface area contributed by atoms with E-state index in [1.54, 1.807) is 31.3 Å². The molecule has 0 unspecified atom stereocenters. The third-order valence-corrected chi connectivity index (χ3v) is 3.30. The fourth-order valence-electron chi connectivity index (χ4n) is 1.83. The number of nitrogens with two attached hydrogens (primary N) is 1. The second kappa shape index (κ2) is 7.77. The predicted molar refractivity (Wildman–Crippen MR) is 88.5 cm³/mol. The summed E-state index contributed by atoms with van der Waals surface area (Å²) >= 11 is 0. The highest BCUT2D eigenvalue weighted by Crippen LogP contribution is 2.19. The van der Waals surface area contributed by atoms with Gasteiger partial charge in [-0.15, -0.1) is 0 Å². The van der Waals surface area contributed by atoms with Gasteiger partial charge in [0.2, 0.25) is 0 Å². The van der Waals surface area contributed by atoms with Crippen LogP contribution < -0.4 is 14.6 Å². The Morgan fingerprint density at radius 2 is 1.62 bits per heavy atom. The zero-order valence-corrected chi connectivity index (χ0v) is 13.7. The molecule has 0 aliphatic carbocycles. The number of hydrogen-bond donors (Lipinski definition) is 2. The number of carbonyl (C=O) groups excluding carboxylic acids is 1. The number of carbonyl (C=O) groups is 1. The number of nitrogens with zero attached hydrogens (tertiary/aromatic N) is 2. The van der Waals surface area contributed by atoms with E-state index in [0.29, 0.717) is 23.5 Å². The number of benzene rings is 2. The molecule has 0 fully saturated rings. The van der Waals surface area contributed by atoms with Crippen LogP contribution in [-0.4, -0.2) is 27.9 Å². The van der Waals surface area contributed by atoms with Gasteiger partial charge in [-0.3, -0.25) is 10.1 Å². The quantitative estimate of drug-likeness (QED) is 0.583. The summed E-state index contributed by atoms with van der Waals surface area (Å²) in [5, 5.41) is 15.5. The first-order valence-corrected chi connectivity index (χ1v) is 8.35. The molecular formula is C15H16N4O4S. The Kier molecular flexibility index (Phi) is 5.74. The minimum absolute atomic E-state index is 0.0364. The van der Waals surface area contributed by atoms with Crippen LogP contribution in [0.25, 0.3) is 0 Å². The summed E-state index contributed by atoms with van der Waals surface area (Å²) in [5.41, 5.74) is 1.50. The van der Waals surface area contributed by atoms with Crippen molar-refractivity contribution in [1.82, 2.24) is 5.32 Å². The standard InChI is InChI=1S/C15H16N4O4S/c1-17-10-18-19-13-6-2-11(3-7-13)15(20)12-4-8-14(9-5-12)23-24(16,21)22/h2-9,17H,10H2,1H3,(H2,16,21,22). The van der Waals surface area contributed by atoms with E-state index in [2.05, 4.69) is 19.7 Å². The summed E-state index contributed by atoms with van der Waals surface area (Å²) in [6.07, 6.45) is 0. The Bertz CT molecular complexity index is 831. The highest BCUT2D eigenvalue weighted by atomic mass is 32.2. The average Bonchev–Trinajstić information content (AvgIpc) is 2.54. The number of hydrogen-bond acceptors (Lipinski definition) is 7. The summed E-state index contributed by atoms with van der Waals surface area (Å²) in [6, 6.07) is 12.3. The Balaban J connectivity index is 2.11. The summed E-state index contributed by atoms with van der Waals surface area (Å²) in [4.78, 5) is 12.4. The van der Waals surface area contributed by atoms with Crippen molar-refractivity contribution in [2.24, 2.45) is 15.4 Å². The van der Waals surface area contributed by atoms with E-state index in [4.69, 9.17) is 5.14 Å². The fourth-order valence-corrected chi connectivity index (χ4v) is 2.21. The van der Waals surface area contributed by atoms with Crippen LogP contribution in [0.5, 0.6) is 5.75 Å². The van der Waals surface area contributed by atoms with Gasteiger partial charge in [0.15, 0.2) is 5.78 Å². The second-order valence-electron chi connectivity index (χ2n) is 4.73. The Labute approximate surface area is 139 Å². The first kappa shape index (κ1) is 17.7. The molecule has 0 atom stereocenters. The lowest BCUT2D eigenvalue weighted by molar-refractivity contribution is 0.103. The molecule has 2 aromatic rings. The van der Waals surface area contributed by atoms with Crippen LogP contribution in [0.3, 0.4) is 0 Å². The van der Waals surface area contributed by atoms with Crippen LogP contribution in [0, 0.1) is 0 Å². The van der Waals surface area contributed by atoms with E-state index >= 15 is 0 Å². The molecule has 24 heavy (non-hydrogen) atoms. The molecule has 9 heteroatoms. The van der Waals surface area contributed by atoms with Gasteiger partial charge >= 0.3 is 10.3 Å². The molecule has 8 nitrogen and oxygen atoms in total.